The lowest BCUT2D eigenvalue weighted by Gasteiger charge is -2.19. The lowest BCUT2D eigenvalue weighted by Crippen LogP contribution is -2.43. The van der Waals surface area contributed by atoms with Gasteiger partial charge in [-0.3, -0.25) is 4.79 Å². The van der Waals surface area contributed by atoms with E-state index in [0.29, 0.717) is 12.3 Å². The van der Waals surface area contributed by atoms with E-state index in [1.54, 1.807) is 0 Å². The Morgan fingerprint density at radius 1 is 0.939 bits per heavy atom. The molecule has 0 heterocycles. The number of benzene rings is 2. The van der Waals surface area contributed by atoms with E-state index in [0.717, 1.165) is 35.1 Å². The number of amides is 2. The maximum Gasteiger partial charge on any atom is 0.407 e. The summed E-state index contributed by atoms with van der Waals surface area (Å²) in [6, 6.07) is 16.2. The summed E-state index contributed by atoms with van der Waals surface area (Å²) in [5, 5.41) is 23.3. The monoisotopic (exact) mass is 452 g/mol. The van der Waals surface area contributed by atoms with Gasteiger partial charge < -0.3 is 25.6 Å². The van der Waals surface area contributed by atoms with Crippen molar-refractivity contribution >= 4 is 18.0 Å². The van der Waals surface area contributed by atoms with E-state index >= 15 is 0 Å². The Bertz CT molecular complexity index is 990. The van der Waals surface area contributed by atoms with Crippen molar-refractivity contribution in [3.63, 3.8) is 0 Å². The van der Waals surface area contributed by atoms with Crippen molar-refractivity contribution in [3.05, 3.63) is 59.7 Å². The number of carbonyl (C=O) groups is 3. The van der Waals surface area contributed by atoms with Crippen LogP contribution in [-0.2, 0) is 14.3 Å². The molecule has 1 saturated carbocycles. The molecule has 1 fully saturated rings. The molecule has 0 aromatic heterocycles. The second kappa shape index (κ2) is 10.0. The molecule has 2 amide bonds. The fourth-order valence-corrected chi connectivity index (χ4v) is 4.32. The normalized spacial score (nSPS) is 16.3. The average molecular weight is 453 g/mol. The van der Waals surface area contributed by atoms with Gasteiger partial charge in [0.05, 0.1) is 12.5 Å². The van der Waals surface area contributed by atoms with Crippen molar-refractivity contribution < 1.29 is 29.3 Å². The first-order chi connectivity index (χ1) is 15.9. The Labute approximate surface area is 192 Å². The Balaban J connectivity index is 1.31. The zero-order chi connectivity index (χ0) is 23.4. The highest BCUT2D eigenvalue weighted by molar-refractivity contribution is 5.81. The van der Waals surface area contributed by atoms with Crippen LogP contribution in [0.5, 0.6) is 0 Å². The Morgan fingerprint density at radius 2 is 1.55 bits per heavy atom. The fourth-order valence-electron chi connectivity index (χ4n) is 4.32. The maximum absolute atomic E-state index is 12.5. The molecule has 2 aliphatic rings. The first kappa shape index (κ1) is 22.8. The molecule has 0 aliphatic heterocycles. The number of fused-ring (bicyclic) bond motifs is 3. The molecule has 174 valence electrons. The van der Waals surface area contributed by atoms with Gasteiger partial charge in [-0.15, -0.1) is 0 Å². The Kier molecular flexibility index (Phi) is 6.93. The van der Waals surface area contributed by atoms with E-state index < -0.39 is 24.1 Å². The minimum Gasteiger partial charge on any atom is -0.479 e. The third-order valence-corrected chi connectivity index (χ3v) is 6.28. The van der Waals surface area contributed by atoms with Gasteiger partial charge in [-0.1, -0.05) is 61.4 Å². The molecule has 0 spiro atoms. The summed E-state index contributed by atoms with van der Waals surface area (Å²) in [6.45, 7) is -0.105. The van der Waals surface area contributed by atoms with Gasteiger partial charge in [0.25, 0.3) is 0 Å². The lowest BCUT2D eigenvalue weighted by molar-refractivity contribution is -0.146. The predicted octanol–water partition coefficient (Wildman–Crippen LogP) is 2.50. The third-order valence-electron chi connectivity index (χ3n) is 6.28. The standard InChI is InChI=1S/C25H28N2O6/c28-22(24(30)31)13-26-23(29)16(11-15-9-10-15)12-27-25(32)33-14-21-19-7-3-1-5-17(19)18-6-2-4-8-20(18)21/h1-8,15-16,21-22,28H,9-14H2,(H,26,29)(H,27,32)(H,30,31)/t16?,22-/m0/s1. The molecule has 8 nitrogen and oxygen atoms in total. The summed E-state index contributed by atoms with van der Waals surface area (Å²) < 4.78 is 5.52. The number of hydrogen-bond acceptors (Lipinski definition) is 5. The zero-order valence-electron chi connectivity index (χ0n) is 18.2. The lowest BCUT2D eigenvalue weighted by atomic mass is 9.98. The highest BCUT2D eigenvalue weighted by atomic mass is 16.5. The van der Waals surface area contributed by atoms with Crippen LogP contribution in [0.25, 0.3) is 11.1 Å². The predicted molar refractivity (Wildman–Crippen MR) is 121 cm³/mol. The fraction of sp³-hybridized carbons (Fsp3) is 0.400. The van der Waals surface area contributed by atoms with Crippen molar-refractivity contribution in [2.24, 2.45) is 11.8 Å². The number of carboxylic acids is 1. The molecule has 2 aliphatic carbocycles. The minimum atomic E-state index is -1.66. The molecular weight excluding hydrogens is 424 g/mol. The molecule has 2 atom stereocenters. The van der Waals surface area contributed by atoms with Gasteiger partial charge in [0.15, 0.2) is 6.10 Å². The molecule has 0 bridgehead atoms. The molecule has 0 saturated heterocycles. The highest BCUT2D eigenvalue weighted by Crippen LogP contribution is 2.44. The highest BCUT2D eigenvalue weighted by Gasteiger charge is 2.31. The van der Waals surface area contributed by atoms with E-state index in [2.05, 4.69) is 22.8 Å². The van der Waals surface area contributed by atoms with E-state index in [1.165, 1.54) is 0 Å². The van der Waals surface area contributed by atoms with Gasteiger partial charge in [0.1, 0.15) is 6.61 Å². The van der Waals surface area contributed by atoms with Gasteiger partial charge in [-0.25, -0.2) is 9.59 Å². The van der Waals surface area contributed by atoms with Crippen LogP contribution >= 0.6 is 0 Å². The summed E-state index contributed by atoms with van der Waals surface area (Å²) in [7, 11) is 0. The van der Waals surface area contributed by atoms with Crippen LogP contribution < -0.4 is 10.6 Å². The summed E-state index contributed by atoms with van der Waals surface area (Å²) in [5.74, 6) is -1.92. The van der Waals surface area contributed by atoms with Crippen molar-refractivity contribution in [2.45, 2.75) is 31.3 Å². The molecule has 2 aromatic rings. The smallest absolute Gasteiger partial charge is 0.407 e. The third kappa shape index (κ3) is 5.51. The van der Waals surface area contributed by atoms with Crippen LogP contribution in [-0.4, -0.2) is 54.0 Å². The molecule has 1 unspecified atom stereocenters. The summed E-state index contributed by atoms with van der Waals surface area (Å²) in [5.41, 5.74) is 4.53. The van der Waals surface area contributed by atoms with Crippen LogP contribution in [0.15, 0.2) is 48.5 Å². The Hall–Kier alpha value is -3.39. The minimum absolute atomic E-state index is 0.0498. The number of aliphatic hydroxyl groups excluding tert-OH is 1. The van der Waals surface area contributed by atoms with Crippen LogP contribution in [0.3, 0.4) is 0 Å². The maximum atomic E-state index is 12.5. The molecule has 0 radical (unpaired) electrons. The first-order valence-electron chi connectivity index (χ1n) is 11.2. The van der Waals surface area contributed by atoms with Crippen LogP contribution in [0, 0.1) is 11.8 Å². The number of rotatable bonds is 10. The van der Waals surface area contributed by atoms with Gasteiger partial charge in [0.2, 0.25) is 5.91 Å². The molecule has 4 rings (SSSR count). The van der Waals surface area contributed by atoms with Crippen molar-refractivity contribution in [1.29, 1.82) is 0 Å². The topological polar surface area (TPSA) is 125 Å². The summed E-state index contributed by atoms with van der Waals surface area (Å²) in [6.07, 6.45) is 0.402. The number of ether oxygens (including phenoxy) is 1. The molecule has 8 heteroatoms. The van der Waals surface area contributed by atoms with Gasteiger partial charge in [0, 0.05) is 12.5 Å². The number of hydrogen-bond donors (Lipinski definition) is 4. The van der Waals surface area contributed by atoms with Crippen molar-refractivity contribution in [3.8, 4) is 11.1 Å². The molecule has 4 N–H and O–H groups in total. The Morgan fingerprint density at radius 3 is 2.12 bits per heavy atom. The second-order valence-electron chi connectivity index (χ2n) is 8.68. The second-order valence-corrected chi connectivity index (χ2v) is 8.68. The average Bonchev–Trinajstić information content (AvgIpc) is 3.59. The first-order valence-corrected chi connectivity index (χ1v) is 11.2. The molecular formula is C25H28N2O6. The van der Waals surface area contributed by atoms with Gasteiger partial charge in [-0.2, -0.15) is 0 Å². The SMILES string of the molecule is O=C(NCC(CC1CC1)C(=O)NC[C@H](O)C(=O)O)OCC1c2ccccc2-c2ccccc21. The zero-order valence-corrected chi connectivity index (χ0v) is 18.2. The van der Waals surface area contributed by atoms with Crippen molar-refractivity contribution in [1.82, 2.24) is 10.6 Å². The quantitative estimate of drug-likeness (QED) is 0.439. The number of aliphatic carboxylic acids is 1. The van der Waals surface area contributed by atoms with E-state index in [9.17, 15) is 19.5 Å². The summed E-state index contributed by atoms with van der Waals surface area (Å²) in [4.78, 5) is 35.6. The number of carboxylic acid groups (broad SMARTS) is 1. The van der Waals surface area contributed by atoms with Crippen molar-refractivity contribution in [2.75, 3.05) is 19.7 Å². The molecule has 33 heavy (non-hydrogen) atoms. The van der Waals surface area contributed by atoms with Crippen LogP contribution in [0.2, 0.25) is 0 Å². The number of aliphatic hydroxyl groups is 1. The van der Waals surface area contributed by atoms with E-state index in [1.807, 2.05) is 36.4 Å². The van der Waals surface area contributed by atoms with E-state index in [-0.39, 0.29) is 31.5 Å². The van der Waals surface area contributed by atoms with Gasteiger partial charge >= 0.3 is 12.1 Å². The number of nitrogens with one attached hydrogen (secondary N) is 2. The van der Waals surface area contributed by atoms with E-state index in [4.69, 9.17) is 9.84 Å². The van der Waals surface area contributed by atoms with Gasteiger partial charge in [-0.05, 0) is 34.6 Å². The van der Waals surface area contributed by atoms with Crippen LogP contribution in [0.1, 0.15) is 36.3 Å². The van der Waals surface area contributed by atoms with Crippen LogP contribution in [0.4, 0.5) is 4.79 Å². The number of alkyl carbamates (subject to hydrolysis) is 1. The molecule has 2 aromatic carbocycles. The summed E-state index contributed by atoms with van der Waals surface area (Å²) >= 11 is 0. The largest absolute Gasteiger partial charge is 0.479 e. The number of carbonyl (C=O) groups excluding carboxylic acids is 2.